The molecule has 22 heavy (non-hydrogen) atoms. The van der Waals surface area contributed by atoms with E-state index in [1.807, 2.05) is 0 Å². The van der Waals surface area contributed by atoms with Crippen LogP contribution in [0.3, 0.4) is 0 Å². The Morgan fingerprint density at radius 1 is 1.18 bits per heavy atom. The van der Waals surface area contributed by atoms with Crippen molar-refractivity contribution in [1.82, 2.24) is 9.88 Å². The lowest BCUT2D eigenvalue weighted by Gasteiger charge is -2.33. The van der Waals surface area contributed by atoms with Crippen LogP contribution in [0.25, 0.3) is 0 Å². The first-order valence-electron chi connectivity index (χ1n) is 6.79. The fourth-order valence-corrected chi connectivity index (χ4v) is 2.06. The molecule has 0 radical (unpaired) electrons. The second-order valence-electron chi connectivity index (χ2n) is 5.00. The molecule has 1 aliphatic rings. The summed E-state index contributed by atoms with van der Waals surface area (Å²) in [4.78, 5) is 17.4. The second kappa shape index (κ2) is 5.94. The average Bonchev–Trinajstić information content (AvgIpc) is 2.50. The number of carbonyl (C=O) groups is 1. The SMILES string of the molecule is O=C(c1ccc(C#Cc2cccc(F)c2)cn1)N1CC(F)C1. The first-order chi connectivity index (χ1) is 10.6. The highest BCUT2D eigenvalue weighted by Crippen LogP contribution is 2.14. The maximum Gasteiger partial charge on any atom is 0.272 e. The predicted octanol–water partition coefficient (Wildman–Crippen LogP) is 2.41. The van der Waals surface area contributed by atoms with E-state index in [0.717, 1.165) is 0 Å². The van der Waals surface area contributed by atoms with Gasteiger partial charge in [0.15, 0.2) is 0 Å². The van der Waals surface area contributed by atoms with Gasteiger partial charge in [-0.15, -0.1) is 0 Å². The molecule has 0 bridgehead atoms. The van der Waals surface area contributed by atoms with Gasteiger partial charge in [-0.2, -0.15) is 0 Å². The van der Waals surface area contributed by atoms with Gasteiger partial charge in [0.25, 0.3) is 5.91 Å². The molecule has 0 N–H and O–H groups in total. The molecule has 1 fully saturated rings. The number of benzene rings is 1. The van der Waals surface area contributed by atoms with E-state index in [4.69, 9.17) is 0 Å². The van der Waals surface area contributed by atoms with Crippen LogP contribution in [0.15, 0.2) is 42.6 Å². The summed E-state index contributed by atoms with van der Waals surface area (Å²) in [6.45, 7) is 0.253. The Bertz CT molecular complexity index is 756. The van der Waals surface area contributed by atoms with Crippen molar-refractivity contribution >= 4 is 5.91 Å². The monoisotopic (exact) mass is 298 g/mol. The zero-order valence-corrected chi connectivity index (χ0v) is 11.6. The smallest absolute Gasteiger partial charge is 0.272 e. The highest BCUT2D eigenvalue weighted by molar-refractivity contribution is 5.92. The summed E-state index contributed by atoms with van der Waals surface area (Å²) in [7, 11) is 0. The third-order valence-corrected chi connectivity index (χ3v) is 3.28. The fourth-order valence-electron chi connectivity index (χ4n) is 2.06. The highest BCUT2D eigenvalue weighted by Gasteiger charge is 2.31. The Kier molecular flexibility index (Phi) is 3.84. The molecule has 0 spiro atoms. The van der Waals surface area contributed by atoms with E-state index < -0.39 is 6.17 Å². The van der Waals surface area contributed by atoms with E-state index in [1.165, 1.54) is 23.2 Å². The molecular weight excluding hydrogens is 286 g/mol. The largest absolute Gasteiger partial charge is 0.331 e. The van der Waals surface area contributed by atoms with E-state index >= 15 is 0 Å². The normalized spacial score (nSPS) is 14.0. The summed E-state index contributed by atoms with van der Waals surface area (Å²) in [6.07, 6.45) is 0.548. The maximum atomic E-state index is 13.0. The third kappa shape index (κ3) is 3.12. The van der Waals surface area contributed by atoms with E-state index in [0.29, 0.717) is 11.1 Å². The van der Waals surface area contributed by atoms with Gasteiger partial charge in [0.1, 0.15) is 17.7 Å². The number of nitrogens with zero attached hydrogens (tertiary/aromatic N) is 2. The van der Waals surface area contributed by atoms with Gasteiger partial charge in [0.2, 0.25) is 0 Å². The molecule has 1 amide bonds. The zero-order chi connectivity index (χ0) is 15.5. The fraction of sp³-hybridized carbons (Fsp3) is 0.176. The quantitative estimate of drug-likeness (QED) is 0.758. The molecule has 1 aromatic heterocycles. The summed E-state index contributed by atoms with van der Waals surface area (Å²) >= 11 is 0. The average molecular weight is 298 g/mol. The molecule has 0 unspecified atom stereocenters. The second-order valence-corrected chi connectivity index (χ2v) is 5.00. The Morgan fingerprint density at radius 3 is 2.59 bits per heavy atom. The van der Waals surface area contributed by atoms with Crippen molar-refractivity contribution in [3.05, 3.63) is 65.2 Å². The van der Waals surface area contributed by atoms with Crippen molar-refractivity contribution in [3.8, 4) is 11.8 Å². The number of rotatable bonds is 1. The number of amides is 1. The molecule has 1 saturated heterocycles. The molecule has 2 aromatic rings. The van der Waals surface area contributed by atoms with Crippen molar-refractivity contribution in [2.24, 2.45) is 0 Å². The third-order valence-electron chi connectivity index (χ3n) is 3.28. The van der Waals surface area contributed by atoms with E-state index in [2.05, 4.69) is 16.8 Å². The van der Waals surface area contributed by atoms with Crippen LogP contribution in [-0.2, 0) is 0 Å². The van der Waals surface area contributed by atoms with Gasteiger partial charge in [0.05, 0.1) is 13.1 Å². The van der Waals surface area contributed by atoms with Gasteiger partial charge in [-0.25, -0.2) is 13.8 Å². The van der Waals surface area contributed by atoms with Crippen LogP contribution >= 0.6 is 0 Å². The van der Waals surface area contributed by atoms with Crippen molar-refractivity contribution in [2.75, 3.05) is 13.1 Å². The number of alkyl halides is 1. The molecule has 1 aliphatic heterocycles. The minimum Gasteiger partial charge on any atom is -0.331 e. The van der Waals surface area contributed by atoms with Crippen LogP contribution < -0.4 is 0 Å². The summed E-state index contributed by atoms with van der Waals surface area (Å²) in [5.74, 6) is 5.06. The Hall–Kier alpha value is -2.74. The molecule has 0 atom stereocenters. The maximum absolute atomic E-state index is 13.0. The zero-order valence-electron chi connectivity index (χ0n) is 11.6. The molecule has 0 saturated carbocycles. The van der Waals surface area contributed by atoms with Gasteiger partial charge >= 0.3 is 0 Å². The molecular formula is C17H12F2N2O. The van der Waals surface area contributed by atoms with Crippen LogP contribution in [-0.4, -0.2) is 35.1 Å². The number of hydrogen-bond donors (Lipinski definition) is 0. The van der Waals surface area contributed by atoms with Gasteiger partial charge in [0, 0.05) is 17.3 Å². The first kappa shape index (κ1) is 14.2. The predicted molar refractivity (Wildman–Crippen MR) is 77.4 cm³/mol. The number of likely N-dealkylation sites (tertiary alicyclic amines) is 1. The van der Waals surface area contributed by atoms with Gasteiger partial charge in [-0.1, -0.05) is 17.9 Å². The number of hydrogen-bond acceptors (Lipinski definition) is 2. The van der Waals surface area contributed by atoms with Crippen molar-refractivity contribution < 1.29 is 13.6 Å². The minimum atomic E-state index is -0.930. The minimum absolute atomic E-state index is 0.127. The van der Waals surface area contributed by atoms with Gasteiger partial charge < -0.3 is 4.90 Å². The van der Waals surface area contributed by atoms with E-state index in [-0.39, 0.29) is 30.5 Å². The van der Waals surface area contributed by atoms with Crippen LogP contribution in [0.1, 0.15) is 21.6 Å². The van der Waals surface area contributed by atoms with Crippen molar-refractivity contribution in [2.45, 2.75) is 6.17 Å². The number of aromatic nitrogens is 1. The lowest BCUT2D eigenvalue weighted by molar-refractivity contribution is 0.0394. The van der Waals surface area contributed by atoms with E-state index in [1.54, 1.807) is 24.3 Å². The number of halogens is 2. The Labute approximate surface area is 126 Å². The van der Waals surface area contributed by atoms with Crippen LogP contribution in [0.4, 0.5) is 8.78 Å². The first-order valence-corrected chi connectivity index (χ1v) is 6.79. The Balaban J connectivity index is 1.71. The van der Waals surface area contributed by atoms with Crippen LogP contribution in [0.2, 0.25) is 0 Å². The molecule has 110 valence electrons. The topological polar surface area (TPSA) is 33.2 Å². The molecule has 2 heterocycles. The number of carbonyl (C=O) groups excluding carboxylic acids is 1. The Morgan fingerprint density at radius 2 is 1.95 bits per heavy atom. The van der Waals surface area contributed by atoms with Crippen LogP contribution in [0, 0.1) is 17.7 Å². The van der Waals surface area contributed by atoms with Gasteiger partial charge in [-0.3, -0.25) is 4.79 Å². The molecule has 1 aromatic carbocycles. The number of pyridine rings is 1. The summed E-state index contributed by atoms with van der Waals surface area (Å²) in [5, 5.41) is 0. The molecule has 3 rings (SSSR count). The summed E-state index contributed by atoms with van der Waals surface area (Å²) < 4.78 is 25.8. The lowest BCUT2D eigenvalue weighted by Crippen LogP contribution is -2.51. The summed E-state index contributed by atoms with van der Waals surface area (Å²) in [5.41, 5.74) is 1.45. The van der Waals surface area contributed by atoms with Gasteiger partial charge in [-0.05, 0) is 30.3 Å². The van der Waals surface area contributed by atoms with Crippen molar-refractivity contribution in [1.29, 1.82) is 0 Å². The van der Waals surface area contributed by atoms with Crippen LogP contribution in [0.5, 0.6) is 0 Å². The standard InChI is InChI=1S/C17H12F2N2O/c18-14-3-1-2-12(8-14)4-5-13-6-7-16(20-9-13)17(22)21-10-15(19)11-21/h1-3,6-9,15H,10-11H2. The van der Waals surface area contributed by atoms with Crippen molar-refractivity contribution in [3.63, 3.8) is 0 Å². The van der Waals surface area contributed by atoms with E-state index in [9.17, 15) is 13.6 Å². The molecule has 0 aliphatic carbocycles. The molecule has 5 heteroatoms. The molecule has 3 nitrogen and oxygen atoms in total. The highest BCUT2D eigenvalue weighted by atomic mass is 19.1. The lowest BCUT2D eigenvalue weighted by atomic mass is 10.1. The summed E-state index contributed by atoms with van der Waals surface area (Å²) in [6, 6.07) is 9.21.